The number of carbonyl (C=O) groups is 1. The molecule has 0 spiro atoms. The van der Waals surface area contributed by atoms with E-state index in [1.54, 1.807) is 18.5 Å². The van der Waals surface area contributed by atoms with Crippen LogP contribution < -0.4 is 0 Å². The lowest BCUT2D eigenvalue weighted by Crippen LogP contribution is -2.15. The summed E-state index contributed by atoms with van der Waals surface area (Å²) in [5, 5.41) is 0. The maximum absolute atomic E-state index is 11.7. The highest BCUT2D eigenvalue weighted by Crippen LogP contribution is 2.17. The van der Waals surface area contributed by atoms with Crippen molar-refractivity contribution < 1.29 is 4.79 Å². The molecule has 5 nitrogen and oxygen atoms in total. The van der Waals surface area contributed by atoms with Crippen molar-refractivity contribution in [3.8, 4) is 0 Å². The summed E-state index contributed by atoms with van der Waals surface area (Å²) in [5.74, 6) is 0.655. The summed E-state index contributed by atoms with van der Waals surface area (Å²) in [7, 11) is 0. The SMILES string of the molecule is CC(C)(C)c1ncc(/C=C/C(=O)c2cnc[nH]2)cn1. The average molecular weight is 256 g/mol. The van der Waals surface area contributed by atoms with E-state index in [0.29, 0.717) is 5.69 Å². The molecular weight excluding hydrogens is 240 g/mol. The van der Waals surface area contributed by atoms with Crippen LogP contribution in [-0.2, 0) is 5.41 Å². The van der Waals surface area contributed by atoms with Crippen LogP contribution in [0.4, 0.5) is 0 Å². The summed E-state index contributed by atoms with van der Waals surface area (Å²) < 4.78 is 0. The van der Waals surface area contributed by atoms with Crippen molar-refractivity contribution in [3.05, 3.63) is 48.1 Å². The molecule has 0 atom stereocenters. The highest BCUT2D eigenvalue weighted by Gasteiger charge is 2.16. The van der Waals surface area contributed by atoms with E-state index in [1.165, 1.54) is 18.6 Å². The molecule has 19 heavy (non-hydrogen) atoms. The predicted molar refractivity (Wildman–Crippen MR) is 72.7 cm³/mol. The van der Waals surface area contributed by atoms with Gasteiger partial charge in [-0.15, -0.1) is 0 Å². The average Bonchev–Trinajstić information content (AvgIpc) is 2.89. The van der Waals surface area contributed by atoms with E-state index in [4.69, 9.17) is 0 Å². The highest BCUT2D eigenvalue weighted by atomic mass is 16.1. The van der Waals surface area contributed by atoms with Gasteiger partial charge in [-0.05, 0) is 12.2 Å². The number of nitrogens with one attached hydrogen (secondary N) is 1. The third-order valence-electron chi connectivity index (χ3n) is 2.53. The number of nitrogens with zero attached hydrogens (tertiary/aromatic N) is 3. The Bertz CT molecular complexity index is 577. The summed E-state index contributed by atoms with van der Waals surface area (Å²) in [6, 6.07) is 0. The summed E-state index contributed by atoms with van der Waals surface area (Å²) in [5.41, 5.74) is 1.18. The van der Waals surface area contributed by atoms with E-state index in [-0.39, 0.29) is 11.2 Å². The third-order valence-corrected chi connectivity index (χ3v) is 2.53. The summed E-state index contributed by atoms with van der Waals surface area (Å²) in [6.45, 7) is 6.17. The Morgan fingerprint density at radius 3 is 2.42 bits per heavy atom. The van der Waals surface area contributed by atoms with Crippen LogP contribution in [0, 0.1) is 0 Å². The number of ketones is 1. The molecule has 1 N–H and O–H groups in total. The minimum atomic E-state index is -0.127. The molecule has 0 bridgehead atoms. The molecule has 0 aromatic carbocycles. The first-order valence-corrected chi connectivity index (χ1v) is 6.00. The van der Waals surface area contributed by atoms with Gasteiger partial charge in [0.1, 0.15) is 11.5 Å². The van der Waals surface area contributed by atoms with E-state index >= 15 is 0 Å². The highest BCUT2D eigenvalue weighted by molar-refractivity contribution is 6.05. The molecule has 5 heteroatoms. The minimum absolute atomic E-state index is 0.0754. The van der Waals surface area contributed by atoms with Gasteiger partial charge in [0.15, 0.2) is 0 Å². The largest absolute Gasteiger partial charge is 0.342 e. The fourth-order valence-electron chi connectivity index (χ4n) is 1.46. The zero-order valence-corrected chi connectivity index (χ0v) is 11.2. The molecule has 2 aromatic heterocycles. The Morgan fingerprint density at radius 2 is 1.89 bits per heavy atom. The van der Waals surface area contributed by atoms with Crippen LogP contribution in [0.25, 0.3) is 6.08 Å². The molecule has 0 radical (unpaired) electrons. The number of rotatable bonds is 3. The molecule has 0 saturated heterocycles. The molecule has 2 heterocycles. The molecule has 0 aliphatic carbocycles. The lowest BCUT2D eigenvalue weighted by atomic mass is 9.96. The van der Waals surface area contributed by atoms with Gasteiger partial charge in [-0.25, -0.2) is 15.0 Å². The predicted octanol–water partition coefficient (Wildman–Crippen LogP) is 2.39. The van der Waals surface area contributed by atoms with Crippen molar-refractivity contribution in [1.29, 1.82) is 0 Å². The normalized spacial score (nSPS) is 11.9. The number of hydrogen-bond donors (Lipinski definition) is 1. The van der Waals surface area contributed by atoms with Gasteiger partial charge < -0.3 is 4.98 Å². The van der Waals surface area contributed by atoms with Gasteiger partial charge in [-0.1, -0.05) is 20.8 Å². The molecule has 0 saturated carbocycles. The van der Waals surface area contributed by atoms with Crippen molar-refractivity contribution >= 4 is 11.9 Å². The number of aromatic nitrogens is 4. The van der Waals surface area contributed by atoms with Crippen LogP contribution in [0.15, 0.2) is 31.0 Å². The van der Waals surface area contributed by atoms with Crippen molar-refractivity contribution in [2.45, 2.75) is 26.2 Å². The first kappa shape index (κ1) is 13.1. The van der Waals surface area contributed by atoms with Crippen LogP contribution >= 0.6 is 0 Å². The van der Waals surface area contributed by atoms with Gasteiger partial charge in [0, 0.05) is 23.4 Å². The number of aromatic amines is 1. The number of carbonyl (C=O) groups excluding carboxylic acids is 1. The Morgan fingerprint density at radius 1 is 1.21 bits per heavy atom. The van der Waals surface area contributed by atoms with E-state index < -0.39 is 0 Å². The monoisotopic (exact) mass is 256 g/mol. The van der Waals surface area contributed by atoms with Crippen LogP contribution in [0.2, 0.25) is 0 Å². The first-order valence-electron chi connectivity index (χ1n) is 6.00. The van der Waals surface area contributed by atoms with Crippen molar-refractivity contribution in [2.24, 2.45) is 0 Å². The topological polar surface area (TPSA) is 71.5 Å². The Hall–Kier alpha value is -2.30. The lowest BCUT2D eigenvalue weighted by Gasteiger charge is -2.15. The quantitative estimate of drug-likeness (QED) is 0.676. The van der Waals surface area contributed by atoms with Crippen LogP contribution in [0.1, 0.15) is 42.6 Å². The molecule has 0 fully saturated rings. The van der Waals surface area contributed by atoms with E-state index in [1.807, 2.05) is 0 Å². The molecule has 2 aromatic rings. The first-order chi connectivity index (χ1) is 8.97. The van der Waals surface area contributed by atoms with Crippen LogP contribution in [0.3, 0.4) is 0 Å². The maximum atomic E-state index is 11.7. The summed E-state index contributed by atoms with van der Waals surface area (Å²) in [6.07, 6.45) is 9.56. The zero-order valence-electron chi connectivity index (χ0n) is 11.2. The number of hydrogen-bond acceptors (Lipinski definition) is 4. The molecule has 0 unspecified atom stereocenters. The van der Waals surface area contributed by atoms with Crippen molar-refractivity contribution in [2.75, 3.05) is 0 Å². The van der Waals surface area contributed by atoms with E-state index in [2.05, 4.69) is 40.7 Å². The number of imidazole rings is 1. The Balaban J connectivity index is 2.10. The van der Waals surface area contributed by atoms with E-state index in [9.17, 15) is 4.79 Å². The Kier molecular flexibility index (Phi) is 3.55. The van der Waals surface area contributed by atoms with Crippen molar-refractivity contribution in [3.63, 3.8) is 0 Å². The fourth-order valence-corrected chi connectivity index (χ4v) is 1.46. The molecule has 0 aliphatic rings. The molecule has 0 aliphatic heterocycles. The summed E-state index contributed by atoms with van der Waals surface area (Å²) in [4.78, 5) is 26.9. The van der Waals surface area contributed by atoms with Gasteiger partial charge >= 0.3 is 0 Å². The standard InChI is InChI=1S/C14H16N4O/c1-14(2,3)13-16-6-10(7-17-13)4-5-12(19)11-8-15-9-18-11/h4-9H,1-3H3,(H,15,18)/b5-4+. The second-order valence-electron chi connectivity index (χ2n) is 5.25. The van der Waals surface area contributed by atoms with Crippen molar-refractivity contribution in [1.82, 2.24) is 19.9 Å². The molecule has 98 valence electrons. The fraction of sp³-hybridized carbons (Fsp3) is 0.286. The van der Waals surface area contributed by atoms with Crippen LogP contribution in [0.5, 0.6) is 0 Å². The third kappa shape index (κ3) is 3.34. The number of allylic oxidation sites excluding steroid dienone is 1. The second kappa shape index (κ2) is 5.14. The molecule has 0 amide bonds. The van der Waals surface area contributed by atoms with Crippen LogP contribution in [-0.4, -0.2) is 25.7 Å². The molecule has 2 rings (SSSR count). The second-order valence-corrected chi connectivity index (χ2v) is 5.25. The maximum Gasteiger partial charge on any atom is 0.203 e. The molecular formula is C14H16N4O. The summed E-state index contributed by atoms with van der Waals surface area (Å²) >= 11 is 0. The van der Waals surface area contributed by atoms with Gasteiger partial charge in [0.2, 0.25) is 5.78 Å². The number of H-pyrrole nitrogens is 1. The minimum Gasteiger partial charge on any atom is -0.342 e. The zero-order chi connectivity index (χ0) is 13.9. The Labute approximate surface area is 111 Å². The smallest absolute Gasteiger partial charge is 0.203 e. The van der Waals surface area contributed by atoms with E-state index in [0.717, 1.165) is 11.4 Å². The van der Waals surface area contributed by atoms with Gasteiger partial charge in [-0.3, -0.25) is 4.79 Å². The van der Waals surface area contributed by atoms with Gasteiger partial charge in [0.05, 0.1) is 12.5 Å². The van der Waals surface area contributed by atoms with Gasteiger partial charge in [-0.2, -0.15) is 0 Å². The lowest BCUT2D eigenvalue weighted by molar-refractivity contribution is 0.104. The van der Waals surface area contributed by atoms with Gasteiger partial charge in [0.25, 0.3) is 0 Å².